The Labute approximate surface area is 50.9 Å². The third-order valence-electron chi connectivity index (χ3n) is 0.813. The molecule has 0 bridgehead atoms. The summed E-state index contributed by atoms with van der Waals surface area (Å²) in [4.78, 5) is 0. The summed E-state index contributed by atoms with van der Waals surface area (Å²) in [5, 5.41) is 0. The molecule has 0 N–H and O–H groups in total. The zero-order valence-electron chi connectivity index (χ0n) is 4.71. The molecule has 1 unspecified atom stereocenters. The predicted octanol–water partition coefficient (Wildman–Crippen LogP) is 2.50. The Morgan fingerprint density at radius 2 is 1.78 bits per heavy atom. The van der Waals surface area contributed by atoms with E-state index >= 15 is 0 Å². The minimum atomic E-state index is -4.70. The minimum absolute atomic E-state index is 0.0271. The molecule has 0 amide bonds. The van der Waals surface area contributed by atoms with Crippen molar-refractivity contribution >= 4 is 0 Å². The molecule has 0 saturated heterocycles. The van der Waals surface area contributed by atoms with Crippen molar-refractivity contribution in [1.29, 1.82) is 0 Å². The maximum Gasteiger partial charge on any atom is 0.419 e. The maximum atomic E-state index is 11.7. The highest BCUT2D eigenvalue weighted by molar-refractivity contribution is 4.65. The summed E-state index contributed by atoms with van der Waals surface area (Å²) in [5.41, 5.74) is 0. The lowest BCUT2D eigenvalue weighted by Crippen LogP contribution is -2.23. The van der Waals surface area contributed by atoms with Crippen LogP contribution < -0.4 is 0 Å². The Kier molecular flexibility index (Phi) is 2.94. The second-order valence-corrected chi connectivity index (χ2v) is 1.65. The second-order valence-electron chi connectivity index (χ2n) is 1.65. The number of hydrogen-bond donors (Lipinski definition) is 0. The van der Waals surface area contributed by atoms with Crippen molar-refractivity contribution in [2.24, 2.45) is 0 Å². The molecule has 0 heterocycles. The van der Waals surface area contributed by atoms with Gasteiger partial charge in [0.1, 0.15) is 0 Å². The van der Waals surface area contributed by atoms with Gasteiger partial charge in [-0.15, -0.1) is 0 Å². The van der Waals surface area contributed by atoms with Crippen LogP contribution in [0.25, 0.3) is 0 Å². The second kappa shape index (κ2) is 3.03. The topological polar surface area (TPSA) is 0 Å². The zero-order chi connectivity index (χ0) is 7.49. The number of alkyl halides is 4. The highest BCUT2D eigenvalue weighted by Crippen LogP contribution is 2.25. The summed E-state index contributed by atoms with van der Waals surface area (Å²) in [6, 6.07) is 0. The first-order chi connectivity index (χ1) is 3.98. The summed E-state index contributed by atoms with van der Waals surface area (Å²) >= 11 is 0. The minimum Gasteiger partial charge on any atom is -0.237 e. The predicted molar refractivity (Wildman–Crippen MR) is 25.5 cm³/mol. The number of hydrogen-bond acceptors (Lipinski definition) is 0. The van der Waals surface area contributed by atoms with Crippen molar-refractivity contribution in [1.82, 2.24) is 0 Å². The molecule has 0 aliphatic heterocycles. The molecule has 0 rings (SSSR count). The van der Waals surface area contributed by atoms with Gasteiger partial charge in [-0.2, -0.15) is 13.2 Å². The third kappa shape index (κ3) is 3.32. The molecule has 0 aliphatic rings. The van der Waals surface area contributed by atoms with Gasteiger partial charge in [-0.05, 0) is 6.42 Å². The summed E-state index contributed by atoms with van der Waals surface area (Å²) < 4.78 is 45.4. The molecule has 0 aromatic rings. The lowest BCUT2D eigenvalue weighted by atomic mass is 10.2. The molecule has 0 aromatic heterocycles. The van der Waals surface area contributed by atoms with Crippen LogP contribution >= 0.6 is 0 Å². The van der Waals surface area contributed by atoms with E-state index in [1.54, 1.807) is 0 Å². The van der Waals surface area contributed by atoms with E-state index in [9.17, 15) is 17.6 Å². The molecule has 1 atom stereocenters. The van der Waals surface area contributed by atoms with E-state index in [1.165, 1.54) is 0 Å². The molecule has 4 heteroatoms. The van der Waals surface area contributed by atoms with Gasteiger partial charge < -0.3 is 0 Å². The molecule has 0 aliphatic carbocycles. The van der Waals surface area contributed by atoms with Crippen molar-refractivity contribution in [2.75, 3.05) is 0 Å². The lowest BCUT2D eigenvalue weighted by molar-refractivity contribution is -0.181. The lowest BCUT2D eigenvalue weighted by Gasteiger charge is -2.09. The largest absolute Gasteiger partial charge is 0.419 e. The van der Waals surface area contributed by atoms with Gasteiger partial charge >= 0.3 is 6.18 Å². The van der Waals surface area contributed by atoms with Crippen LogP contribution in [0.2, 0.25) is 0 Å². The first-order valence-electron chi connectivity index (χ1n) is 2.48. The van der Waals surface area contributed by atoms with Gasteiger partial charge in [-0.1, -0.05) is 13.3 Å². The molecule has 0 fully saturated rings. The normalized spacial score (nSPS) is 15.7. The standard InChI is InChI=1S/C5H7F4/c1-2-3-4(6)5(7,8)9/h4H,1-3H2. The Morgan fingerprint density at radius 1 is 1.33 bits per heavy atom. The maximum absolute atomic E-state index is 11.7. The highest BCUT2D eigenvalue weighted by Gasteiger charge is 2.38. The Bertz CT molecular complexity index is 75.5. The van der Waals surface area contributed by atoms with Crippen molar-refractivity contribution < 1.29 is 17.6 Å². The van der Waals surface area contributed by atoms with E-state index in [1.807, 2.05) is 0 Å². The summed E-state index contributed by atoms with van der Waals surface area (Å²) in [6.07, 6.45) is -7.96. The van der Waals surface area contributed by atoms with Crippen LogP contribution in [0.4, 0.5) is 17.6 Å². The molecule has 0 nitrogen and oxygen atoms in total. The zero-order valence-corrected chi connectivity index (χ0v) is 4.71. The van der Waals surface area contributed by atoms with Crippen LogP contribution in [0, 0.1) is 6.92 Å². The van der Waals surface area contributed by atoms with E-state index in [0.717, 1.165) is 0 Å². The smallest absolute Gasteiger partial charge is 0.237 e. The molecule has 1 radical (unpaired) electrons. The fraction of sp³-hybridized carbons (Fsp3) is 0.800. The molecule has 0 aromatic carbocycles. The average molecular weight is 143 g/mol. The van der Waals surface area contributed by atoms with Gasteiger partial charge in [-0.25, -0.2) is 4.39 Å². The fourth-order valence-corrected chi connectivity index (χ4v) is 0.343. The quantitative estimate of drug-likeness (QED) is 0.521. The molecular formula is C5H7F4. The van der Waals surface area contributed by atoms with E-state index in [4.69, 9.17) is 0 Å². The number of halogens is 4. The van der Waals surface area contributed by atoms with Gasteiger partial charge in [0, 0.05) is 0 Å². The molecule has 55 valence electrons. The monoisotopic (exact) mass is 143 g/mol. The van der Waals surface area contributed by atoms with E-state index in [2.05, 4.69) is 6.92 Å². The average Bonchev–Trinajstić information content (AvgIpc) is 1.64. The first kappa shape index (κ1) is 8.72. The third-order valence-corrected chi connectivity index (χ3v) is 0.813. The van der Waals surface area contributed by atoms with Crippen LogP contribution in [-0.4, -0.2) is 12.3 Å². The molecule has 9 heavy (non-hydrogen) atoms. The van der Waals surface area contributed by atoms with Gasteiger partial charge in [0.15, 0.2) is 6.17 Å². The van der Waals surface area contributed by atoms with E-state index < -0.39 is 18.8 Å². The van der Waals surface area contributed by atoms with E-state index in [-0.39, 0.29) is 6.42 Å². The van der Waals surface area contributed by atoms with Gasteiger partial charge in [0.25, 0.3) is 0 Å². The molecule has 0 spiro atoms. The Morgan fingerprint density at radius 3 is 1.89 bits per heavy atom. The van der Waals surface area contributed by atoms with Crippen molar-refractivity contribution in [3.8, 4) is 0 Å². The van der Waals surface area contributed by atoms with Gasteiger partial charge in [0.05, 0.1) is 0 Å². The summed E-state index contributed by atoms with van der Waals surface area (Å²) in [5.74, 6) is 0. The van der Waals surface area contributed by atoms with Crippen LogP contribution in [0.1, 0.15) is 12.8 Å². The van der Waals surface area contributed by atoms with Gasteiger partial charge in [0.2, 0.25) is 0 Å². The summed E-state index contributed by atoms with van der Waals surface area (Å²) in [7, 11) is 0. The Hall–Kier alpha value is -0.280. The fourth-order valence-electron chi connectivity index (χ4n) is 0.343. The molecular weight excluding hydrogens is 136 g/mol. The van der Waals surface area contributed by atoms with Crippen molar-refractivity contribution in [3.05, 3.63) is 6.92 Å². The van der Waals surface area contributed by atoms with E-state index in [0.29, 0.717) is 0 Å². The van der Waals surface area contributed by atoms with Crippen LogP contribution in [-0.2, 0) is 0 Å². The Balaban J connectivity index is 3.59. The van der Waals surface area contributed by atoms with Crippen LogP contribution in [0.15, 0.2) is 0 Å². The van der Waals surface area contributed by atoms with Crippen LogP contribution in [0.3, 0.4) is 0 Å². The molecule has 0 saturated carbocycles. The van der Waals surface area contributed by atoms with Crippen LogP contribution in [0.5, 0.6) is 0 Å². The number of rotatable bonds is 2. The van der Waals surface area contributed by atoms with Crippen molar-refractivity contribution in [2.45, 2.75) is 25.2 Å². The SMILES string of the molecule is [CH2]CCC(F)C(F)(F)F. The van der Waals surface area contributed by atoms with Gasteiger partial charge in [-0.3, -0.25) is 0 Å². The first-order valence-corrected chi connectivity index (χ1v) is 2.48. The highest BCUT2D eigenvalue weighted by atomic mass is 19.4. The van der Waals surface area contributed by atoms with Crippen molar-refractivity contribution in [3.63, 3.8) is 0 Å². The summed E-state index contributed by atoms with van der Waals surface area (Å²) in [6.45, 7) is 3.10.